The molecule has 0 aromatic heterocycles. The van der Waals surface area contributed by atoms with E-state index >= 15 is 0 Å². The third-order valence-electron chi connectivity index (χ3n) is 3.94. The minimum Gasteiger partial charge on any atom is -0.493 e. The molecule has 2 aromatic rings. The van der Waals surface area contributed by atoms with Gasteiger partial charge >= 0.3 is 0 Å². The van der Waals surface area contributed by atoms with Crippen LogP contribution in [0, 0.1) is 6.92 Å². The first-order valence-corrected chi connectivity index (χ1v) is 9.40. The maximum atomic E-state index is 12.2. The SMILES string of the molecule is CCCCOc1ccc(CNC(=S)NC(=O)c2cccc(C)c2)cc1OC. The smallest absolute Gasteiger partial charge is 0.257 e. The van der Waals surface area contributed by atoms with Crippen LogP contribution in [0.15, 0.2) is 42.5 Å². The molecule has 6 heteroatoms. The van der Waals surface area contributed by atoms with E-state index < -0.39 is 0 Å². The van der Waals surface area contributed by atoms with Gasteiger partial charge in [0.2, 0.25) is 0 Å². The molecule has 0 unspecified atom stereocenters. The Balaban J connectivity index is 1.89. The second-order valence-electron chi connectivity index (χ2n) is 6.19. The highest BCUT2D eigenvalue weighted by atomic mass is 32.1. The van der Waals surface area contributed by atoms with Crippen molar-refractivity contribution in [3.05, 3.63) is 59.2 Å². The van der Waals surface area contributed by atoms with Crippen LogP contribution in [0.2, 0.25) is 0 Å². The van der Waals surface area contributed by atoms with Crippen LogP contribution in [0.4, 0.5) is 0 Å². The van der Waals surface area contributed by atoms with Crippen LogP contribution in [0.3, 0.4) is 0 Å². The molecular weight excluding hydrogens is 360 g/mol. The molecule has 2 rings (SSSR count). The first kappa shape index (κ1) is 20.7. The number of thiocarbonyl (C=S) groups is 1. The van der Waals surface area contributed by atoms with Gasteiger partial charge in [0.15, 0.2) is 16.6 Å². The molecule has 27 heavy (non-hydrogen) atoms. The molecule has 0 radical (unpaired) electrons. The minimum atomic E-state index is -0.228. The lowest BCUT2D eigenvalue weighted by Gasteiger charge is -2.13. The number of carbonyl (C=O) groups is 1. The van der Waals surface area contributed by atoms with E-state index in [2.05, 4.69) is 17.6 Å². The summed E-state index contributed by atoms with van der Waals surface area (Å²) in [7, 11) is 1.62. The molecular formula is C21H26N2O3S. The minimum absolute atomic E-state index is 0.228. The Morgan fingerprint density at radius 2 is 1.96 bits per heavy atom. The fourth-order valence-corrected chi connectivity index (χ4v) is 2.62. The molecule has 0 heterocycles. The fourth-order valence-electron chi connectivity index (χ4n) is 2.46. The number of ether oxygens (including phenoxy) is 2. The average molecular weight is 387 g/mol. The van der Waals surface area contributed by atoms with Crippen molar-refractivity contribution >= 4 is 23.2 Å². The molecule has 0 bridgehead atoms. The second kappa shape index (κ2) is 10.5. The molecule has 0 aliphatic heterocycles. The van der Waals surface area contributed by atoms with Gasteiger partial charge in [0, 0.05) is 12.1 Å². The lowest BCUT2D eigenvalue weighted by molar-refractivity contribution is 0.0976. The molecule has 0 saturated heterocycles. The molecule has 0 spiro atoms. The van der Waals surface area contributed by atoms with Crippen molar-refractivity contribution in [2.75, 3.05) is 13.7 Å². The molecule has 1 amide bonds. The summed E-state index contributed by atoms with van der Waals surface area (Å²) in [5.74, 6) is 1.18. The van der Waals surface area contributed by atoms with Crippen LogP contribution >= 0.6 is 12.2 Å². The zero-order valence-corrected chi connectivity index (χ0v) is 16.8. The van der Waals surface area contributed by atoms with Gasteiger partial charge < -0.3 is 14.8 Å². The Morgan fingerprint density at radius 3 is 2.67 bits per heavy atom. The van der Waals surface area contributed by atoms with E-state index in [1.807, 2.05) is 43.3 Å². The fraction of sp³-hybridized carbons (Fsp3) is 0.333. The van der Waals surface area contributed by atoms with Gasteiger partial charge in [-0.2, -0.15) is 0 Å². The number of methoxy groups -OCH3 is 1. The van der Waals surface area contributed by atoms with Crippen molar-refractivity contribution in [3.8, 4) is 11.5 Å². The van der Waals surface area contributed by atoms with Crippen LogP contribution in [0.5, 0.6) is 11.5 Å². The summed E-state index contributed by atoms with van der Waals surface area (Å²) in [4.78, 5) is 12.2. The molecule has 5 nitrogen and oxygen atoms in total. The van der Waals surface area contributed by atoms with Gasteiger partial charge in [-0.05, 0) is 55.4 Å². The number of hydrogen-bond donors (Lipinski definition) is 2. The zero-order chi connectivity index (χ0) is 19.6. The highest BCUT2D eigenvalue weighted by molar-refractivity contribution is 7.80. The van der Waals surface area contributed by atoms with Gasteiger partial charge in [0.1, 0.15) is 0 Å². The van der Waals surface area contributed by atoms with Gasteiger partial charge in [0.05, 0.1) is 13.7 Å². The molecule has 0 aliphatic rings. The topological polar surface area (TPSA) is 59.6 Å². The van der Waals surface area contributed by atoms with Gasteiger partial charge in [0.25, 0.3) is 5.91 Å². The van der Waals surface area contributed by atoms with Crippen LogP contribution < -0.4 is 20.1 Å². The van der Waals surface area contributed by atoms with E-state index in [-0.39, 0.29) is 11.0 Å². The van der Waals surface area contributed by atoms with Crippen molar-refractivity contribution in [1.29, 1.82) is 0 Å². The quantitative estimate of drug-likeness (QED) is 0.531. The van der Waals surface area contributed by atoms with Crippen molar-refractivity contribution in [1.82, 2.24) is 10.6 Å². The Hall–Kier alpha value is -2.60. The highest BCUT2D eigenvalue weighted by Gasteiger charge is 2.09. The van der Waals surface area contributed by atoms with Crippen molar-refractivity contribution in [3.63, 3.8) is 0 Å². The summed E-state index contributed by atoms with van der Waals surface area (Å²) < 4.78 is 11.1. The van der Waals surface area contributed by atoms with Crippen molar-refractivity contribution < 1.29 is 14.3 Å². The summed E-state index contributed by atoms with van der Waals surface area (Å²) in [5, 5.41) is 6.02. The summed E-state index contributed by atoms with van der Waals surface area (Å²) >= 11 is 5.22. The van der Waals surface area contributed by atoms with Gasteiger partial charge in [-0.15, -0.1) is 0 Å². The second-order valence-corrected chi connectivity index (χ2v) is 6.60. The number of amides is 1. The zero-order valence-electron chi connectivity index (χ0n) is 16.0. The Labute approximate surface area is 166 Å². The third-order valence-corrected chi connectivity index (χ3v) is 4.19. The van der Waals surface area contributed by atoms with E-state index in [9.17, 15) is 4.79 Å². The largest absolute Gasteiger partial charge is 0.493 e. The van der Waals surface area contributed by atoms with E-state index in [1.165, 1.54) is 0 Å². The standard InChI is InChI=1S/C21H26N2O3S/c1-4-5-11-26-18-10-9-16(13-19(18)25-3)14-22-21(27)23-20(24)17-8-6-7-15(2)12-17/h6-10,12-13H,4-5,11,14H2,1-3H3,(H2,22,23,24,27). The predicted octanol–water partition coefficient (Wildman–Crippen LogP) is 3.99. The van der Waals surface area contributed by atoms with Crippen molar-refractivity contribution in [2.45, 2.75) is 33.2 Å². The summed E-state index contributed by atoms with van der Waals surface area (Å²) in [5.41, 5.74) is 2.58. The molecule has 0 aliphatic carbocycles. The molecule has 0 saturated carbocycles. The number of unbranched alkanes of at least 4 members (excludes halogenated alkanes) is 1. The van der Waals surface area contributed by atoms with E-state index in [0.29, 0.717) is 24.5 Å². The number of nitrogens with one attached hydrogen (secondary N) is 2. The number of aryl methyl sites for hydroxylation is 1. The van der Waals surface area contributed by atoms with Crippen LogP contribution in [0.1, 0.15) is 41.3 Å². The first-order valence-electron chi connectivity index (χ1n) is 8.99. The number of rotatable bonds is 8. The lowest BCUT2D eigenvalue weighted by Crippen LogP contribution is -2.38. The molecule has 144 valence electrons. The number of carbonyl (C=O) groups excluding carboxylic acids is 1. The van der Waals surface area contributed by atoms with Crippen LogP contribution in [-0.2, 0) is 6.54 Å². The lowest BCUT2D eigenvalue weighted by atomic mass is 10.1. The van der Waals surface area contributed by atoms with Gasteiger partial charge in [-0.3, -0.25) is 10.1 Å². The summed E-state index contributed by atoms with van der Waals surface area (Å²) in [6.45, 7) is 5.20. The predicted molar refractivity (Wildman–Crippen MR) is 111 cm³/mol. The van der Waals surface area contributed by atoms with E-state index in [1.54, 1.807) is 13.2 Å². The maximum absolute atomic E-state index is 12.2. The number of hydrogen-bond acceptors (Lipinski definition) is 4. The van der Waals surface area contributed by atoms with Gasteiger partial charge in [-0.25, -0.2) is 0 Å². The molecule has 0 atom stereocenters. The number of benzene rings is 2. The maximum Gasteiger partial charge on any atom is 0.257 e. The Kier molecular flexibility index (Phi) is 8.07. The average Bonchev–Trinajstić information content (AvgIpc) is 2.67. The molecule has 0 fully saturated rings. The molecule has 2 aromatic carbocycles. The Bertz CT molecular complexity index is 793. The Morgan fingerprint density at radius 1 is 1.15 bits per heavy atom. The van der Waals surface area contributed by atoms with E-state index in [4.69, 9.17) is 21.7 Å². The third kappa shape index (κ3) is 6.57. The summed E-state index contributed by atoms with van der Waals surface area (Å²) in [6, 6.07) is 13.1. The van der Waals surface area contributed by atoms with E-state index in [0.717, 1.165) is 29.7 Å². The molecule has 2 N–H and O–H groups in total. The van der Waals surface area contributed by atoms with Crippen LogP contribution in [0.25, 0.3) is 0 Å². The normalized spacial score (nSPS) is 10.2. The van der Waals surface area contributed by atoms with Gasteiger partial charge in [-0.1, -0.05) is 37.1 Å². The van der Waals surface area contributed by atoms with Crippen LogP contribution in [-0.4, -0.2) is 24.7 Å². The highest BCUT2D eigenvalue weighted by Crippen LogP contribution is 2.28. The first-order chi connectivity index (χ1) is 13.0. The summed E-state index contributed by atoms with van der Waals surface area (Å²) in [6.07, 6.45) is 2.08. The monoisotopic (exact) mass is 386 g/mol. The van der Waals surface area contributed by atoms with Crippen molar-refractivity contribution in [2.24, 2.45) is 0 Å².